The van der Waals surface area contributed by atoms with Gasteiger partial charge in [-0.15, -0.1) is 0 Å². The Kier molecular flexibility index (Phi) is 7.00. The molecule has 0 saturated heterocycles. The van der Waals surface area contributed by atoms with Gasteiger partial charge in [0.05, 0.1) is 5.56 Å². The molecule has 0 aliphatic heterocycles. The summed E-state index contributed by atoms with van der Waals surface area (Å²) in [7, 11) is 0. The van der Waals surface area contributed by atoms with E-state index in [-0.39, 0.29) is 18.6 Å². The monoisotopic (exact) mass is 462 g/mol. The van der Waals surface area contributed by atoms with E-state index in [2.05, 4.69) is 10.3 Å². The van der Waals surface area contributed by atoms with Crippen LogP contribution in [0.2, 0.25) is 0 Å². The lowest BCUT2D eigenvalue weighted by Gasteiger charge is -2.23. The molecule has 1 atom stereocenters. The average molecular weight is 462 g/mol. The summed E-state index contributed by atoms with van der Waals surface area (Å²) < 4.78 is 49.3. The molecule has 33 heavy (non-hydrogen) atoms. The second-order valence-electron chi connectivity index (χ2n) is 8.57. The molecule has 0 spiro atoms. The highest BCUT2D eigenvalue weighted by Gasteiger charge is 2.31. The number of aromatic nitrogens is 1. The molecule has 0 aliphatic carbocycles. The number of benzene rings is 2. The van der Waals surface area contributed by atoms with Crippen LogP contribution in [0.25, 0.3) is 10.9 Å². The van der Waals surface area contributed by atoms with Crippen LogP contribution in [0.5, 0.6) is 0 Å². The summed E-state index contributed by atoms with van der Waals surface area (Å²) in [4.78, 5) is 28.3. The molecular weight excluding hydrogens is 437 g/mol. The van der Waals surface area contributed by atoms with Gasteiger partial charge in [-0.1, -0.05) is 30.3 Å². The third-order valence-corrected chi connectivity index (χ3v) is 4.71. The molecule has 2 N–H and O–H groups in total. The molecule has 6 nitrogen and oxygen atoms in total. The average Bonchev–Trinajstić information content (AvgIpc) is 3.13. The van der Waals surface area contributed by atoms with Gasteiger partial charge in [-0.25, -0.2) is 9.59 Å². The van der Waals surface area contributed by atoms with Gasteiger partial charge in [0.25, 0.3) is 0 Å². The van der Waals surface area contributed by atoms with Gasteiger partial charge >= 0.3 is 18.2 Å². The van der Waals surface area contributed by atoms with Gasteiger partial charge in [-0.05, 0) is 50.1 Å². The van der Waals surface area contributed by atoms with Crippen molar-refractivity contribution in [2.45, 2.75) is 51.6 Å². The van der Waals surface area contributed by atoms with Gasteiger partial charge in [0.2, 0.25) is 0 Å². The molecule has 0 saturated carbocycles. The van der Waals surface area contributed by atoms with Crippen LogP contribution in [-0.2, 0) is 33.5 Å². The van der Waals surface area contributed by atoms with Crippen molar-refractivity contribution < 1.29 is 32.2 Å². The maximum Gasteiger partial charge on any atom is 0.416 e. The Labute approximate surface area is 189 Å². The van der Waals surface area contributed by atoms with E-state index in [1.165, 1.54) is 12.1 Å². The molecule has 1 aromatic heterocycles. The highest BCUT2D eigenvalue weighted by molar-refractivity contribution is 5.86. The number of esters is 1. The summed E-state index contributed by atoms with van der Waals surface area (Å²) in [5.74, 6) is -0.788. The summed E-state index contributed by atoms with van der Waals surface area (Å²) in [5, 5.41) is 3.39. The molecule has 1 heterocycles. The number of carbonyl (C=O) groups excluding carboxylic acids is 2. The lowest BCUT2D eigenvalue weighted by atomic mass is 10.1. The number of rotatable bonds is 6. The smallest absolute Gasteiger partial charge is 0.416 e. The van der Waals surface area contributed by atoms with Crippen molar-refractivity contribution in [3.8, 4) is 0 Å². The van der Waals surface area contributed by atoms with E-state index >= 15 is 0 Å². The molecule has 0 radical (unpaired) electrons. The Morgan fingerprint density at radius 3 is 2.48 bits per heavy atom. The van der Waals surface area contributed by atoms with E-state index in [1.807, 2.05) is 24.3 Å². The largest absolute Gasteiger partial charge is 0.459 e. The molecule has 9 heteroatoms. The molecule has 0 unspecified atom stereocenters. The van der Waals surface area contributed by atoms with Crippen molar-refractivity contribution in [2.24, 2.45) is 0 Å². The van der Waals surface area contributed by atoms with Crippen LogP contribution in [0.1, 0.15) is 37.5 Å². The van der Waals surface area contributed by atoms with E-state index < -0.39 is 35.4 Å². The molecule has 3 aromatic rings. The maximum absolute atomic E-state index is 12.9. The van der Waals surface area contributed by atoms with Crippen LogP contribution >= 0.6 is 0 Å². The van der Waals surface area contributed by atoms with Gasteiger partial charge in [-0.2, -0.15) is 13.2 Å². The van der Waals surface area contributed by atoms with E-state index in [0.29, 0.717) is 0 Å². The fraction of sp³-hybridized carbons (Fsp3) is 0.333. The van der Waals surface area contributed by atoms with Crippen molar-refractivity contribution in [1.82, 2.24) is 10.3 Å². The number of carbonyl (C=O) groups is 2. The highest BCUT2D eigenvalue weighted by atomic mass is 19.4. The second kappa shape index (κ2) is 9.56. The third kappa shape index (κ3) is 6.74. The number of amides is 1. The lowest BCUT2D eigenvalue weighted by Crippen LogP contribution is -2.45. The first-order chi connectivity index (χ1) is 15.4. The number of halogens is 3. The number of alkyl carbamates (subject to hydrolysis) is 1. The molecule has 2 aromatic carbocycles. The minimum Gasteiger partial charge on any atom is -0.459 e. The minimum atomic E-state index is -4.50. The van der Waals surface area contributed by atoms with Crippen LogP contribution in [0.4, 0.5) is 18.0 Å². The third-order valence-electron chi connectivity index (χ3n) is 4.71. The maximum atomic E-state index is 12.9. The number of hydrogen-bond acceptors (Lipinski definition) is 4. The van der Waals surface area contributed by atoms with Gasteiger partial charge in [0.15, 0.2) is 0 Å². The van der Waals surface area contributed by atoms with Crippen LogP contribution in [-0.4, -0.2) is 28.7 Å². The molecule has 0 fully saturated rings. The quantitative estimate of drug-likeness (QED) is 0.483. The standard InChI is InChI=1S/C24H25F3N2O4/c1-23(2,3)33-22(31)29-20(12-16-13-28-19-10-5-4-9-18(16)19)21(30)32-14-15-7-6-8-17(11-15)24(25,26)27/h4-11,13,20,28H,12,14H2,1-3H3,(H,29,31)/t20-/m0/s1. The minimum absolute atomic E-state index is 0.102. The first kappa shape index (κ1) is 24.2. The number of ether oxygens (including phenoxy) is 2. The second-order valence-corrected chi connectivity index (χ2v) is 8.57. The van der Waals surface area contributed by atoms with E-state index in [4.69, 9.17) is 9.47 Å². The zero-order chi connectivity index (χ0) is 24.2. The number of H-pyrrole nitrogens is 1. The fourth-order valence-corrected chi connectivity index (χ4v) is 3.26. The van der Waals surface area contributed by atoms with Crippen LogP contribution in [0.3, 0.4) is 0 Å². The van der Waals surface area contributed by atoms with Crippen molar-refractivity contribution in [3.63, 3.8) is 0 Å². The topological polar surface area (TPSA) is 80.4 Å². The van der Waals surface area contributed by atoms with Gasteiger partial charge in [0.1, 0.15) is 18.2 Å². The Bertz CT molecular complexity index is 1130. The predicted molar refractivity (Wildman–Crippen MR) is 116 cm³/mol. The van der Waals surface area contributed by atoms with Crippen LogP contribution < -0.4 is 5.32 Å². The number of para-hydroxylation sites is 1. The number of hydrogen-bond donors (Lipinski definition) is 2. The SMILES string of the molecule is CC(C)(C)OC(=O)N[C@@H](Cc1c[nH]c2ccccc12)C(=O)OCc1cccc(C(F)(F)F)c1. The number of fused-ring (bicyclic) bond motifs is 1. The Morgan fingerprint density at radius 2 is 1.79 bits per heavy atom. The first-order valence-corrected chi connectivity index (χ1v) is 10.3. The molecular formula is C24H25F3N2O4. The number of aromatic amines is 1. The summed E-state index contributed by atoms with van der Waals surface area (Å²) in [6.07, 6.45) is -3.47. The van der Waals surface area contributed by atoms with Crippen molar-refractivity contribution in [1.29, 1.82) is 0 Å². The van der Waals surface area contributed by atoms with Gasteiger partial charge < -0.3 is 19.8 Å². The zero-order valence-corrected chi connectivity index (χ0v) is 18.5. The summed E-state index contributed by atoms with van der Waals surface area (Å²) in [6.45, 7) is 4.69. The van der Waals surface area contributed by atoms with E-state index in [1.54, 1.807) is 27.0 Å². The first-order valence-electron chi connectivity index (χ1n) is 10.3. The number of alkyl halides is 3. The molecule has 176 valence electrons. The summed E-state index contributed by atoms with van der Waals surface area (Å²) >= 11 is 0. The lowest BCUT2D eigenvalue weighted by molar-refractivity contribution is -0.147. The number of nitrogens with one attached hydrogen (secondary N) is 2. The van der Waals surface area contributed by atoms with Crippen molar-refractivity contribution in [2.75, 3.05) is 0 Å². The van der Waals surface area contributed by atoms with Crippen molar-refractivity contribution in [3.05, 3.63) is 71.4 Å². The molecule has 1 amide bonds. The summed E-state index contributed by atoms with van der Waals surface area (Å²) in [5.41, 5.74) is 0.195. The normalized spacial score (nSPS) is 12.9. The highest BCUT2D eigenvalue weighted by Crippen LogP contribution is 2.29. The van der Waals surface area contributed by atoms with E-state index in [0.717, 1.165) is 28.6 Å². The van der Waals surface area contributed by atoms with Crippen LogP contribution in [0.15, 0.2) is 54.7 Å². The Balaban J connectivity index is 1.76. The Morgan fingerprint density at radius 1 is 1.06 bits per heavy atom. The van der Waals surface area contributed by atoms with Gasteiger partial charge in [-0.3, -0.25) is 0 Å². The summed E-state index contributed by atoms with van der Waals surface area (Å²) in [6, 6.07) is 10.9. The zero-order valence-electron chi connectivity index (χ0n) is 18.5. The predicted octanol–water partition coefficient (Wildman–Crippen LogP) is 5.37. The molecule has 0 aliphatic rings. The van der Waals surface area contributed by atoms with E-state index in [9.17, 15) is 22.8 Å². The molecule has 3 rings (SSSR count). The van der Waals surface area contributed by atoms with Crippen molar-refractivity contribution >= 4 is 23.0 Å². The van der Waals surface area contributed by atoms with Gasteiger partial charge in [0, 0.05) is 23.5 Å². The Hall–Kier alpha value is -3.49. The fourth-order valence-electron chi connectivity index (χ4n) is 3.26. The van der Waals surface area contributed by atoms with Crippen LogP contribution in [0, 0.1) is 0 Å². The molecule has 0 bridgehead atoms.